The molecule has 7 nitrogen and oxygen atoms in total. The molecule has 0 radical (unpaired) electrons. The van der Waals surface area contributed by atoms with Gasteiger partial charge >= 0.3 is 11.9 Å². The first kappa shape index (κ1) is 17.4. The molecule has 0 aliphatic rings. The van der Waals surface area contributed by atoms with Crippen LogP contribution in [0.1, 0.15) is 0 Å². The number of hydrogen-bond donors (Lipinski definition) is 0. The smallest absolute Gasteiger partial charge is 0.375 e. The maximum absolute atomic E-state index is 11.7. The van der Waals surface area contributed by atoms with Crippen molar-refractivity contribution < 1.29 is 28.5 Å². The van der Waals surface area contributed by atoms with Crippen LogP contribution in [0, 0.1) is 0 Å². The normalized spacial score (nSPS) is 10.6. The maximum atomic E-state index is 11.7. The lowest BCUT2D eigenvalue weighted by atomic mass is 10.3. The maximum Gasteiger partial charge on any atom is 0.375 e. The van der Waals surface area contributed by atoms with E-state index in [9.17, 15) is 9.59 Å². The van der Waals surface area contributed by atoms with Crippen molar-refractivity contribution in [3.63, 3.8) is 0 Å². The molecule has 0 fully saturated rings. The van der Waals surface area contributed by atoms with E-state index < -0.39 is 11.9 Å². The summed E-state index contributed by atoms with van der Waals surface area (Å²) in [5.41, 5.74) is 0. The third-order valence-corrected chi connectivity index (χ3v) is 2.38. The topological polar surface area (TPSA) is 74.3 Å². The number of carbonyl (C=O) groups excluding carboxylic acids is 2. The van der Waals surface area contributed by atoms with Gasteiger partial charge in [0.05, 0.1) is 14.2 Å². The molecule has 0 aliphatic heterocycles. The Kier molecular flexibility index (Phi) is 6.75. The van der Waals surface area contributed by atoms with Crippen molar-refractivity contribution in [2.24, 2.45) is 0 Å². The van der Waals surface area contributed by atoms with Gasteiger partial charge in [0.2, 0.25) is 5.76 Å². The van der Waals surface area contributed by atoms with E-state index in [2.05, 4.69) is 9.47 Å². The zero-order chi connectivity index (χ0) is 16.5. The summed E-state index contributed by atoms with van der Waals surface area (Å²) in [5, 5.41) is 0. The van der Waals surface area contributed by atoms with Crippen LogP contribution in [0.2, 0.25) is 0 Å². The molecule has 0 unspecified atom stereocenters. The van der Waals surface area contributed by atoms with Gasteiger partial charge in [-0.2, -0.15) is 0 Å². The van der Waals surface area contributed by atoms with E-state index in [4.69, 9.17) is 9.47 Å². The van der Waals surface area contributed by atoms with E-state index in [0.29, 0.717) is 11.5 Å². The second-order valence-corrected chi connectivity index (χ2v) is 4.39. The first-order valence-electron chi connectivity index (χ1n) is 6.40. The highest BCUT2D eigenvalue weighted by Crippen LogP contribution is 2.21. The quantitative estimate of drug-likeness (QED) is 0.425. The van der Waals surface area contributed by atoms with E-state index in [0.717, 1.165) is 0 Å². The number of nitrogens with zero attached hydrogens (tertiary/aromatic N) is 1. The van der Waals surface area contributed by atoms with Crippen LogP contribution in [0.3, 0.4) is 0 Å². The van der Waals surface area contributed by atoms with Crippen LogP contribution in [0.5, 0.6) is 11.5 Å². The van der Waals surface area contributed by atoms with Gasteiger partial charge in [0, 0.05) is 26.4 Å². The van der Waals surface area contributed by atoms with Crippen molar-refractivity contribution in [2.45, 2.75) is 0 Å². The van der Waals surface area contributed by atoms with Crippen molar-refractivity contribution >= 4 is 11.9 Å². The van der Waals surface area contributed by atoms with Crippen molar-refractivity contribution in [2.75, 3.05) is 34.9 Å². The summed E-state index contributed by atoms with van der Waals surface area (Å²) in [7, 11) is 6.05. The molecule has 0 N–H and O–H groups in total. The minimum Gasteiger partial charge on any atom is -0.482 e. The fourth-order valence-corrected chi connectivity index (χ4v) is 1.41. The zero-order valence-electron chi connectivity index (χ0n) is 13.0. The van der Waals surface area contributed by atoms with Gasteiger partial charge in [-0.25, -0.2) is 9.59 Å². The van der Waals surface area contributed by atoms with Gasteiger partial charge < -0.3 is 23.8 Å². The highest BCUT2D eigenvalue weighted by atomic mass is 16.6. The molecular weight excluding hydrogens is 290 g/mol. The molecule has 1 aromatic carbocycles. The van der Waals surface area contributed by atoms with Crippen LogP contribution in [0.4, 0.5) is 0 Å². The summed E-state index contributed by atoms with van der Waals surface area (Å²) in [6.45, 7) is -0.211. The number of rotatable bonds is 7. The van der Waals surface area contributed by atoms with Crippen molar-refractivity contribution in [3.05, 3.63) is 36.2 Å². The number of esters is 2. The molecule has 0 amide bonds. The second kappa shape index (κ2) is 8.56. The summed E-state index contributed by atoms with van der Waals surface area (Å²) in [6.07, 6.45) is 1.49. The highest BCUT2D eigenvalue weighted by Gasteiger charge is 2.13. The van der Waals surface area contributed by atoms with Crippen LogP contribution < -0.4 is 9.47 Å². The van der Waals surface area contributed by atoms with Crippen LogP contribution in [0.15, 0.2) is 36.2 Å². The monoisotopic (exact) mass is 309 g/mol. The standard InChI is InChI=1S/C15H19NO6/c1-16(2)9-13(15(18)20-4)22-12-7-5-6-11(8-12)21-10-14(17)19-3/h5-9H,10H2,1-4H3/b13-9-. The van der Waals surface area contributed by atoms with Crippen LogP contribution >= 0.6 is 0 Å². The molecule has 0 saturated carbocycles. The van der Waals surface area contributed by atoms with E-state index in [-0.39, 0.29) is 12.4 Å². The molecule has 0 spiro atoms. The number of ether oxygens (including phenoxy) is 4. The van der Waals surface area contributed by atoms with Gasteiger partial charge in [-0.15, -0.1) is 0 Å². The average molecular weight is 309 g/mol. The van der Waals surface area contributed by atoms with Gasteiger partial charge in [-0.1, -0.05) is 6.07 Å². The Morgan fingerprint density at radius 1 is 1.14 bits per heavy atom. The molecule has 0 bridgehead atoms. The van der Waals surface area contributed by atoms with Crippen LogP contribution in [-0.4, -0.2) is 51.8 Å². The fourth-order valence-electron chi connectivity index (χ4n) is 1.41. The Labute approximate surface area is 129 Å². The lowest BCUT2D eigenvalue weighted by molar-refractivity contribution is -0.143. The summed E-state index contributed by atoms with van der Waals surface area (Å²) >= 11 is 0. The fraction of sp³-hybridized carbons (Fsp3) is 0.333. The average Bonchev–Trinajstić information content (AvgIpc) is 2.51. The Bertz CT molecular complexity index is 553. The summed E-state index contributed by atoms with van der Waals surface area (Å²) in [6, 6.07) is 6.53. The van der Waals surface area contributed by atoms with Crippen molar-refractivity contribution in [3.8, 4) is 11.5 Å². The molecule has 7 heteroatoms. The minimum absolute atomic E-state index is 0.0256. The van der Waals surface area contributed by atoms with E-state index in [1.54, 1.807) is 43.3 Å². The molecule has 1 aromatic rings. The molecular formula is C15H19NO6. The molecule has 0 aromatic heterocycles. The summed E-state index contributed by atoms with van der Waals surface area (Å²) in [5.74, 6) is -0.279. The molecule has 1 rings (SSSR count). The Morgan fingerprint density at radius 3 is 2.41 bits per heavy atom. The Morgan fingerprint density at radius 2 is 1.82 bits per heavy atom. The number of hydrogen-bond acceptors (Lipinski definition) is 7. The molecule has 0 saturated heterocycles. The van der Waals surface area contributed by atoms with Crippen LogP contribution in [0.25, 0.3) is 0 Å². The van der Waals surface area contributed by atoms with Gasteiger partial charge in [0.15, 0.2) is 6.61 Å². The van der Waals surface area contributed by atoms with Gasteiger partial charge in [0.25, 0.3) is 0 Å². The number of carbonyl (C=O) groups is 2. The summed E-state index contributed by atoms with van der Waals surface area (Å²) in [4.78, 5) is 24.4. The van der Waals surface area contributed by atoms with Gasteiger partial charge in [-0.05, 0) is 12.1 Å². The van der Waals surface area contributed by atoms with Gasteiger partial charge in [-0.3, -0.25) is 0 Å². The molecule has 120 valence electrons. The Hall–Kier alpha value is -2.70. The third-order valence-electron chi connectivity index (χ3n) is 2.38. The minimum atomic E-state index is -0.602. The van der Waals surface area contributed by atoms with E-state index in [1.165, 1.54) is 20.4 Å². The van der Waals surface area contributed by atoms with E-state index in [1.807, 2.05) is 0 Å². The summed E-state index contributed by atoms with van der Waals surface area (Å²) < 4.78 is 19.9. The van der Waals surface area contributed by atoms with Crippen molar-refractivity contribution in [1.29, 1.82) is 0 Å². The lowest BCUT2D eigenvalue weighted by Gasteiger charge is -2.12. The molecule has 0 heterocycles. The first-order chi connectivity index (χ1) is 10.5. The SMILES string of the molecule is COC(=O)COc1cccc(O/C(=C\N(C)C)C(=O)OC)c1. The second-order valence-electron chi connectivity index (χ2n) is 4.39. The zero-order valence-corrected chi connectivity index (χ0v) is 13.0. The molecule has 22 heavy (non-hydrogen) atoms. The lowest BCUT2D eigenvalue weighted by Crippen LogP contribution is -2.15. The third kappa shape index (κ3) is 5.74. The number of benzene rings is 1. The molecule has 0 atom stereocenters. The Balaban J connectivity index is 2.83. The van der Waals surface area contributed by atoms with Crippen LogP contribution in [-0.2, 0) is 19.1 Å². The predicted octanol–water partition coefficient (Wildman–Crippen LogP) is 1.19. The largest absolute Gasteiger partial charge is 0.482 e. The number of methoxy groups -OCH3 is 2. The van der Waals surface area contributed by atoms with Gasteiger partial charge in [0.1, 0.15) is 11.5 Å². The first-order valence-corrected chi connectivity index (χ1v) is 6.40. The molecule has 0 aliphatic carbocycles. The van der Waals surface area contributed by atoms with E-state index >= 15 is 0 Å². The highest BCUT2D eigenvalue weighted by molar-refractivity contribution is 5.86. The predicted molar refractivity (Wildman–Crippen MR) is 78.4 cm³/mol. The van der Waals surface area contributed by atoms with Crippen molar-refractivity contribution in [1.82, 2.24) is 4.90 Å².